The van der Waals surface area contributed by atoms with Crippen LogP contribution < -0.4 is 10.1 Å². The molecule has 1 N–H and O–H groups in total. The van der Waals surface area contributed by atoms with Gasteiger partial charge in [0.15, 0.2) is 0 Å². The number of benzene rings is 2. The molecule has 1 aliphatic heterocycles. The lowest BCUT2D eigenvalue weighted by Crippen LogP contribution is -2.26. The van der Waals surface area contributed by atoms with E-state index in [4.69, 9.17) is 9.47 Å². The van der Waals surface area contributed by atoms with Gasteiger partial charge in [-0.3, -0.25) is 0 Å². The fraction of sp³-hybridized carbons (Fsp3) is 0.240. The topological polar surface area (TPSA) is 111 Å². The van der Waals surface area contributed by atoms with Gasteiger partial charge in [0.25, 0.3) is 0 Å². The maximum Gasteiger partial charge on any atom is 0.227 e. The van der Waals surface area contributed by atoms with Crippen molar-refractivity contribution in [3.63, 3.8) is 0 Å². The molecule has 0 atom stereocenters. The van der Waals surface area contributed by atoms with Crippen LogP contribution in [0.15, 0.2) is 67.4 Å². The largest absolute Gasteiger partial charge is 0.489 e. The van der Waals surface area contributed by atoms with E-state index < -0.39 is 0 Å². The van der Waals surface area contributed by atoms with Crippen molar-refractivity contribution in [3.8, 4) is 23.1 Å². The second-order valence-corrected chi connectivity index (χ2v) is 7.93. The van der Waals surface area contributed by atoms with Crippen molar-refractivity contribution in [2.24, 2.45) is 0 Å². The second-order valence-electron chi connectivity index (χ2n) is 7.93. The van der Waals surface area contributed by atoms with Crippen LogP contribution >= 0.6 is 0 Å². The van der Waals surface area contributed by atoms with Gasteiger partial charge in [0, 0.05) is 30.3 Å². The Morgan fingerprint density at radius 1 is 1.12 bits per heavy atom. The van der Waals surface area contributed by atoms with Gasteiger partial charge in [0.1, 0.15) is 30.6 Å². The van der Waals surface area contributed by atoms with Crippen molar-refractivity contribution < 1.29 is 9.47 Å². The summed E-state index contributed by atoms with van der Waals surface area (Å²) in [5.41, 5.74) is 4.01. The smallest absolute Gasteiger partial charge is 0.227 e. The van der Waals surface area contributed by atoms with E-state index >= 15 is 0 Å². The van der Waals surface area contributed by atoms with Gasteiger partial charge in [0.2, 0.25) is 5.95 Å². The Balaban J connectivity index is 1.29. The second kappa shape index (κ2) is 10.1. The first kappa shape index (κ1) is 21.6. The van der Waals surface area contributed by atoms with E-state index in [1.54, 1.807) is 23.3 Å². The molecule has 34 heavy (non-hydrogen) atoms. The fourth-order valence-corrected chi connectivity index (χ4v) is 3.76. The maximum absolute atomic E-state index is 9.66. The lowest BCUT2D eigenvalue weighted by Gasteiger charge is -2.23. The molecule has 1 fully saturated rings. The lowest BCUT2D eigenvalue weighted by molar-refractivity contribution is 0.0254. The van der Waals surface area contributed by atoms with Crippen LogP contribution in [0, 0.1) is 11.3 Å². The Bertz CT molecular complexity index is 1280. The normalized spacial score (nSPS) is 13.9. The summed E-state index contributed by atoms with van der Waals surface area (Å²) < 4.78 is 13.2. The fourth-order valence-electron chi connectivity index (χ4n) is 3.76. The number of nitrogens with one attached hydrogen (secondary N) is 1. The van der Waals surface area contributed by atoms with E-state index in [1.807, 2.05) is 42.5 Å². The van der Waals surface area contributed by atoms with Crippen LogP contribution in [0.4, 0.5) is 11.6 Å². The molecule has 3 heterocycles. The van der Waals surface area contributed by atoms with Crippen LogP contribution in [0.2, 0.25) is 0 Å². The summed E-state index contributed by atoms with van der Waals surface area (Å²) in [6.07, 6.45) is 6.63. The molecule has 0 radical (unpaired) electrons. The Morgan fingerprint density at radius 2 is 1.97 bits per heavy atom. The highest BCUT2D eigenvalue weighted by Gasteiger charge is 2.17. The molecule has 9 nitrogen and oxygen atoms in total. The van der Waals surface area contributed by atoms with Crippen LogP contribution in [0.1, 0.15) is 24.0 Å². The molecule has 9 heteroatoms. The summed E-state index contributed by atoms with van der Waals surface area (Å²) in [7, 11) is 0. The predicted molar refractivity (Wildman–Crippen MR) is 126 cm³/mol. The van der Waals surface area contributed by atoms with Crippen molar-refractivity contribution in [1.82, 2.24) is 24.7 Å². The number of hydrogen-bond donors (Lipinski definition) is 1. The average molecular weight is 454 g/mol. The SMILES string of the molecule is N#Cc1cc(-c2ccnc(Nc3ccc(Cn4cncn4)cc3)n2)ccc1OC1CCOCC1. The molecule has 2 aromatic carbocycles. The third-order valence-corrected chi connectivity index (χ3v) is 5.53. The number of ether oxygens (including phenoxy) is 2. The number of nitrogens with zero attached hydrogens (tertiary/aromatic N) is 6. The van der Waals surface area contributed by atoms with E-state index in [0.717, 1.165) is 35.3 Å². The zero-order chi connectivity index (χ0) is 23.2. The van der Waals surface area contributed by atoms with Crippen LogP contribution in [-0.4, -0.2) is 44.1 Å². The molecule has 4 aromatic rings. The molecule has 170 valence electrons. The minimum Gasteiger partial charge on any atom is -0.489 e. The molecule has 0 aliphatic carbocycles. The van der Waals surface area contributed by atoms with Crippen LogP contribution in [0.3, 0.4) is 0 Å². The van der Waals surface area contributed by atoms with E-state index in [9.17, 15) is 5.26 Å². The molecule has 0 spiro atoms. The third kappa shape index (κ3) is 5.19. The first-order chi connectivity index (χ1) is 16.8. The van der Waals surface area contributed by atoms with E-state index in [2.05, 4.69) is 31.4 Å². The summed E-state index contributed by atoms with van der Waals surface area (Å²) in [6, 6.07) is 17.6. The van der Waals surface area contributed by atoms with Crippen molar-refractivity contribution in [3.05, 3.63) is 78.5 Å². The Labute approximate surface area is 197 Å². The maximum atomic E-state index is 9.66. The summed E-state index contributed by atoms with van der Waals surface area (Å²) in [4.78, 5) is 12.9. The monoisotopic (exact) mass is 453 g/mol. The quantitative estimate of drug-likeness (QED) is 0.448. The van der Waals surface area contributed by atoms with Crippen molar-refractivity contribution in [1.29, 1.82) is 5.26 Å². The van der Waals surface area contributed by atoms with Crippen molar-refractivity contribution in [2.75, 3.05) is 18.5 Å². The number of nitriles is 1. The van der Waals surface area contributed by atoms with Crippen LogP contribution in [-0.2, 0) is 11.3 Å². The molecule has 0 amide bonds. The van der Waals surface area contributed by atoms with Gasteiger partial charge in [-0.2, -0.15) is 10.4 Å². The molecule has 2 aromatic heterocycles. The summed E-state index contributed by atoms with van der Waals surface area (Å²) in [6.45, 7) is 2.03. The van der Waals surface area contributed by atoms with Gasteiger partial charge in [0.05, 0.1) is 31.0 Å². The molecule has 0 bridgehead atoms. The molecule has 1 saturated heterocycles. The van der Waals surface area contributed by atoms with Crippen LogP contribution in [0.25, 0.3) is 11.3 Å². The molecule has 0 unspecified atom stereocenters. The van der Waals surface area contributed by atoms with Crippen LogP contribution in [0.5, 0.6) is 5.75 Å². The highest BCUT2D eigenvalue weighted by Crippen LogP contribution is 2.28. The standard InChI is InChI=1S/C25H23N7O2/c26-14-20-13-19(3-6-24(20)34-22-8-11-33-12-9-22)23-7-10-28-25(31-23)30-21-4-1-18(2-5-21)15-32-17-27-16-29-32/h1-7,10,13,16-17,22H,8-9,11-12,15H2,(H,28,30,31). The summed E-state index contributed by atoms with van der Waals surface area (Å²) in [5, 5.41) is 17.0. The molecular weight excluding hydrogens is 430 g/mol. The van der Waals surface area contributed by atoms with E-state index in [-0.39, 0.29) is 6.10 Å². The zero-order valence-electron chi connectivity index (χ0n) is 18.5. The summed E-state index contributed by atoms with van der Waals surface area (Å²) >= 11 is 0. The number of hydrogen-bond acceptors (Lipinski definition) is 8. The lowest BCUT2D eigenvalue weighted by atomic mass is 10.1. The van der Waals surface area contributed by atoms with Gasteiger partial charge < -0.3 is 14.8 Å². The zero-order valence-corrected chi connectivity index (χ0v) is 18.5. The van der Waals surface area contributed by atoms with E-state index in [0.29, 0.717) is 37.0 Å². The minimum atomic E-state index is 0.0733. The number of rotatable bonds is 7. The van der Waals surface area contributed by atoms with Crippen molar-refractivity contribution >= 4 is 11.6 Å². The van der Waals surface area contributed by atoms with Gasteiger partial charge >= 0.3 is 0 Å². The Kier molecular flexibility index (Phi) is 6.40. The van der Waals surface area contributed by atoms with E-state index in [1.165, 1.54) is 6.33 Å². The van der Waals surface area contributed by atoms with Gasteiger partial charge in [-0.1, -0.05) is 12.1 Å². The highest BCUT2D eigenvalue weighted by atomic mass is 16.5. The number of anilines is 2. The Morgan fingerprint density at radius 3 is 2.74 bits per heavy atom. The molecule has 0 saturated carbocycles. The third-order valence-electron chi connectivity index (χ3n) is 5.53. The minimum absolute atomic E-state index is 0.0733. The average Bonchev–Trinajstić information content (AvgIpc) is 3.39. The van der Waals surface area contributed by atoms with Crippen molar-refractivity contribution in [2.45, 2.75) is 25.5 Å². The highest BCUT2D eigenvalue weighted by molar-refractivity contribution is 5.65. The number of aromatic nitrogens is 5. The molecular formula is C25H23N7O2. The summed E-state index contributed by atoms with van der Waals surface area (Å²) in [5.74, 6) is 1.07. The van der Waals surface area contributed by atoms with Gasteiger partial charge in [-0.25, -0.2) is 19.6 Å². The van der Waals surface area contributed by atoms with Gasteiger partial charge in [-0.05, 0) is 42.0 Å². The first-order valence-corrected chi connectivity index (χ1v) is 11.1. The predicted octanol–water partition coefficient (Wildman–Crippen LogP) is 3.96. The molecule has 1 aliphatic rings. The van der Waals surface area contributed by atoms with Gasteiger partial charge in [-0.15, -0.1) is 0 Å². The molecule has 5 rings (SSSR count). The Hall–Kier alpha value is -4.29. The first-order valence-electron chi connectivity index (χ1n) is 11.1.